The molecule has 0 saturated carbocycles. The maximum atomic E-state index is 5.45. The second-order valence-corrected chi connectivity index (χ2v) is 5.02. The molecular formula is C16H17BrO2. The molecule has 0 aliphatic rings. The van der Waals surface area contributed by atoms with Gasteiger partial charge < -0.3 is 9.47 Å². The summed E-state index contributed by atoms with van der Waals surface area (Å²) in [5, 5.41) is 0. The lowest BCUT2D eigenvalue weighted by atomic mass is 10.0. The molecule has 0 amide bonds. The van der Waals surface area contributed by atoms with Crippen molar-refractivity contribution in [2.75, 3.05) is 13.7 Å². The average Bonchev–Trinajstić information content (AvgIpc) is 2.47. The molecule has 0 heterocycles. The smallest absolute Gasteiger partial charge is 0.123 e. The highest BCUT2D eigenvalue weighted by atomic mass is 79.9. The third kappa shape index (κ3) is 3.29. The number of rotatable bonds is 5. The van der Waals surface area contributed by atoms with Gasteiger partial charge >= 0.3 is 0 Å². The van der Waals surface area contributed by atoms with Crippen molar-refractivity contribution >= 4 is 15.9 Å². The summed E-state index contributed by atoms with van der Waals surface area (Å²) in [5.74, 6) is 1.78. The van der Waals surface area contributed by atoms with Crippen molar-refractivity contribution in [3.8, 4) is 11.5 Å². The van der Waals surface area contributed by atoms with E-state index in [-0.39, 0.29) is 4.83 Å². The van der Waals surface area contributed by atoms with Crippen molar-refractivity contribution in [1.29, 1.82) is 0 Å². The van der Waals surface area contributed by atoms with E-state index in [1.54, 1.807) is 7.11 Å². The number of alkyl halides is 1. The molecule has 0 aromatic heterocycles. The van der Waals surface area contributed by atoms with Gasteiger partial charge in [-0.05, 0) is 30.7 Å². The van der Waals surface area contributed by atoms with Gasteiger partial charge in [0.15, 0.2) is 0 Å². The first-order valence-corrected chi connectivity index (χ1v) is 7.17. The Morgan fingerprint density at radius 1 is 1.05 bits per heavy atom. The zero-order valence-corrected chi connectivity index (χ0v) is 12.7. The fraction of sp³-hybridized carbons (Fsp3) is 0.250. The van der Waals surface area contributed by atoms with Crippen LogP contribution in [0.3, 0.4) is 0 Å². The number of para-hydroxylation sites is 1. The van der Waals surface area contributed by atoms with Crippen molar-refractivity contribution in [1.82, 2.24) is 0 Å². The van der Waals surface area contributed by atoms with Gasteiger partial charge in [0.05, 0.1) is 18.5 Å². The molecule has 1 atom stereocenters. The lowest BCUT2D eigenvalue weighted by molar-refractivity contribution is 0.340. The Morgan fingerprint density at radius 2 is 1.74 bits per heavy atom. The van der Waals surface area contributed by atoms with Crippen LogP contribution in [-0.2, 0) is 0 Å². The van der Waals surface area contributed by atoms with Gasteiger partial charge in [0.2, 0.25) is 0 Å². The van der Waals surface area contributed by atoms with Crippen LogP contribution in [0.15, 0.2) is 48.5 Å². The summed E-state index contributed by atoms with van der Waals surface area (Å²) in [5.41, 5.74) is 2.29. The van der Waals surface area contributed by atoms with E-state index in [4.69, 9.17) is 9.47 Å². The molecule has 2 aromatic rings. The minimum atomic E-state index is 0.110. The first kappa shape index (κ1) is 13.9. The number of hydrogen-bond donors (Lipinski definition) is 0. The van der Waals surface area contributed by atoms with E-state index in [0.717, 1.165) is 17.1 Å². The van der Waals surface area contributed by atoms with Crippen molar-refractivity contribution in [2.24, 2.45) is 0 Å². The van der Waals surface area contributed by atoms with Gasteiger partial charge in [-0.15, -0.1) is 0 Å². The molecule has 3 heteroatoms. The molecule has 2 nitrogen and oxygen atoms in total. The lowest BCUT2D eigenvalue weighted by Crippen LogP contribution is -1.97. The highest BCUT2D eigenvalue weighted by Crippen LogP contribution is 2.36. The third-order valence-electron chi connectivity index (χ3n) is 2.90. The predicted molar refractivity (Wildman–Crippen MR) is 81.4 cm³/mol. The van der Waals surface area contributed by atoms with Crippen molar-refractivity contribution < 1.29 is 9.47 Å². The molecule has 19 heavy (non-hydrogen) atoms. The van der Waals surface area contributed by atoms with Crippen molar-refractivity contribution in [3.05, 3.63) is 59.7 Å². The Morgan fingerprint density at radius 3 is 2.37 bits per heavy atom. The molecule has 0 bridgehead atoms. The highest BCUT2D eigenvalue weighted by molar-refractivity contribution is 9.09. The fourth-order valence-electron chi connectivity index (χ4n) is 1.96. The quantitative estimate of drug-likeness (QED) is 0.751. The number of hydrogen-bond acceptors (Lipinski definition) is 2. The van der Waals surface area contributed by atoms with Gasteiger partial charge in [0.25, 0.3) is 0 Å². The van der Waals surface area contributed by atoms with E-state index < -0.39 is 0 Å². The normalized spacial score (nSPS) is 11.9. The molecule has 2 aromatic carbocycles. The van der Waals surface area contributed by atoms with Crippen LogP contribution in [0.5, 0.6) is 11.5 Å². The zero-order valence-electron chi connectivity index (χ0n) is 11.1. The first-order chi connectivity index (χ1) is 9.26. The van der Waals surface area contributed by atoms with E-state index in [1.165, 1.54) is 5.56 Å². The predicted octanol–water partition coefficient (Wildman–Crippen LogP) is 4.58. The van der Waals surface area contributed by atoms with Crippen LogP contribution < -0.4 is 9.47 Å². The molecule has 2 rings (SSSR count). The Balaban J connectivity index is 2.25. The minimum Gasteiger partial charge on any atom is -0.496 e. The number of ether oxygens (including phenoxy) is 2. The topological polar surface area (TPSA) is 18.5 Å². The van der Waals surface area contributed by atoms with E-state index in [0.29, 0.717) is 6.61 Å². The van der Waals surface area contributed by atoms with Gasteiger partial charge in [-0.1, -0.05) is 46.3 Å². The lowest BCUT2D eigenvalue weighted by Gasteiger charge is -2.15. The summed E-state index contributed by atoms with van der Waals surface area (Å²) in [6, 6.07) is 16.1. The van der Waals surface area contributed by atoms with E-state index in [9.17, 15) is 0 Å². The van der Waals surface area contributed by atoms with Crippen LogP contribution in [0.25, 0.3) is 0 Å². The Bertz CT molecular complexity index is 523. The second-order valence-electron chi connectivity index (χ2n) is 4.11. The van der Waals surface area contributed by atoms with Gasteiger partial charge in [-0.3, -0.25) is 0 Å². The molecule has 0 radical (unpaired) electrons. The van der Waals surface area contributed by atoms with Crippen LogP contribution in [-0.4, -0.2) is 13.7 Å². The van der Waals surface area contributed by atoms with Crippen LogP contribution in [0.4, 0.5) is 0 Å². The standard InChI is InChI=1S/C16H17BrO2/c1-3-19-13-10-8-12(9-11-13)16(17)14-6-4-5-7-15(14)18-2/h4-11,16H,3H2,1-2H3. The number of methoxy groups -OCH3 is 1. The van der Waals surface area contributed by atoms with Crippen LogP contribution in [0.1, 0.15) is 22.9 Å². The molecule has 0 aliphatic carbocycles. The molecule has 0 saturated heterocycles. The second kappa shape index (κ2) is 6.62. The Hall–Kier alpha value is -1.48. The van der Waals surface area contributed by atoms with Gasteiger partial charge in [0.1, 0.15) is 11.5 Å². The number of benzene rings is 2. The van der Waals surface area contributed by atoms with Gasteiger partial charge in [-0.2, -0.15) is 0 Å². The largest absolute Gasteiger partial charge is 0.496 e. The third-order valence-corrected chi connectivity index (χ3v) is 3.92. The SMILES string of the molecule is CCOc1ccc(C(Br)c2ccccc2OC)cc1. The summed E-state index contributed by atoms with van der Waals surface area (Å²) < 4.78 is 10.8. The van der Waals surface area contributed by atoms with Gasteiger partial charge in [0, 0.05) is 5.56 Å². The molecule has 0 aliphatic heterocycles. The van der Waals surface area contributed by atoms with E-state index >= 15 is 0 Å². The van der Waals surface area contributed by atoms with Crippen LogP contribution in [0.2, 0.25) is 0 Å². The summed E-state index contributed by atoms with van der Waals surface area (Å²) in [4.78, 5) is 0.110. The fourth-order valence-corrected chi connectivity index (χ4v) is 2.64. The molecular weight excluding hydrogens is 304 g/mol. The molecule has 0 N–H and O–H groups in total. The highest BCUT2D eigenvalue weighted by Gasteiger charge is 2.14. The van der Waals surface area contributed by atoms with Gasteiger partial charge in [-0.25, -0.2) is 0 Å². The van der Waals surface area contributed by atoms with Crippen molar-refractivity contribution in [2.45, 2.75) is 11.8 Å². The maximum absolute atomic E-state index is 5.45. The van der Waals surface area contributed by atoms with E-state index in [2.05, 4.69) is 34.1 Å². The number of halogens is 1. The molecule has 100 valence electrons. The summed E-state index contributed by atoms with van der Waals surface area (Å²) in [7, 11) is 1.69. The zero-order chi connectivity index (χ0) is 13.7. The first-order valence-electron chi connectivity index (χ1n) is 6.26. The van der Waals surface area contributed by atoms with Crippen LogP contribution >= 0.6 is 15.9 Å². The Labute approximate surface area is 122 Å². The summed E-state index contributed by atoms with van der Waals surface area (Å²) >= 11 is 3.73. The average molecular weight is 321 g/mol. The molecule has 0 fully saturated rings. The Kier molecular flexibility index (Phi) is 4.86. The van der Waals surface area contributed by atoms with Crippen molar-refractivity contribution in [3.63, 3.8) is 0 Å². The molecule has 0 spiro atoms. The maximum Gasteiger partial charge on any atom is 0.123 e. The summed E-state index contributed by atoms with van der Waals surface area (Å²) in [6.45, 7) is 2.67. The van der Waals surface area contributed by atoms with Crippen LogP contribution in [0, 0.1) is 0 Å². The monoisotopic (exact) mass is 320 g/mol. The van der Waals surface area contributed by atoms with E-state index in [1.807, 2.05) is 37.3 Å². The minimum absolute atomic E-state index is 0.110. The molecule has 1 unspecified atom stereocenters. The summed E-state index contributed by atoms with van der Waals surface area (Å²) in [6.07, 6.45) is 0.